The third-order valence-corrected chi connectivity index (χ3v) is 5.63. The van der Waals surface area contributed by atoms with Gasteiger partial charge in [0.05, 0.1) is 11.7 Å². The van der Waals surface area contributed by atoms with Gasteiger partial charge in [-0.1, -0.05) is 24.3 Å². The molecule has 23 heavy (non-hydrogen) atoms. The smallest absolute Gasteiger partial charge is 0.225 e. The third kappa shape index (κ3) is 2.05. The van der Waals surface area contributed by atoms with Gasteiger partial charge in [-0.25, -0.2) is 0 Å². The van der Waals surface area contributed by atoms with Crippen molar-refractivity contribution in [3.8, 4) is 0 Å². The van der Waals surface area contributed by atoms with Gasteiger partial charge in [0.15, 0.2) is 0 Å². The highest BCUT2D eigenvalue weighted by Gasteiger charge is 2.44. The molecule has 0 bridgehead atoms. The summed E-state index contributed by atoms with van der Waals surface area (Å²) < 4.78 is 0. The molecule has 2 unspecified atom stereocenters. The molecule has 0 fully saturated rings. The Kier molecular flexibility index (Phi) is 3.49. The molecule has 4 rings (SSSR count). The zero-order valence-corrected chi connectivity index (χ0v) is 13.5. The predicted octanol–water partition coefficient (Wildman–Crippen LogP) is 2.69. The van der Waals surface area contributed by atoms with E-state index in [4.69, 9.17) is 0 Å². The van der Waals surface area contributed by atoms with Crippen LogP contribution in [0.4, 0.5) is 5.69 Å². The maximum atomic E-state index is 11.0. The van der Waals surface area contributed by atoms with E-state index in [1.54, 1.807) is 0 Å². The van der Waals surface area contributed by atoms with Crippen molar-refractivity contribution in [2.75, 3.05) is 18.1 Å². The van der Waals surface area contributed by atoms with E-state index < -0.39 is 0 Å². The van der Waals surface area contributed by atoms with E-state index in [-0.39, 0.29) is 6.04 Å². The first kappa shape index (κ1) is 14.5. The lowest BCUT2D eigenvalue weighted by Crippen LogP contribution is -2.46. The van der Waals surface area contributed by atoms with Gasteiger partial charge in [-0.05, 0) is 42.5 Å². The van der Waals surface area contributed by atoms with Gasteiger partial charge in [0.25, 0.3) is 0 Å². The van der Waals surface area contributed by atoms with Crippen LogP contribution in [0.3, 0.4) is 0 Å². The number of rotatable bonds is 4. The lowest BCUT2D eigenvalue weighted by Gasteiger charge is -2.42. The van der Waals surface area contributed by atoms with Crippen molar-refractivity contribution in [2.45, 2.75) is 37.8 Å². The summed E-state index contributed by atoms with van der Waals surface area (Å²) in [7, 11) is 0. The van der Waals surface area contributed by atoms with Gasteiger partial charge in [0.2, 0.25) is 6.41 Å². The summed E-state index contributed by atoms with van der Waals surface area (Å²) in [6.07, 6.45) is 7.41. The summed E-state index contributed by atoms with van der Waals surface area (Å²) in [4.78, 5) is 13.6. The van der Waals surface area contributed by atoms with E-state index in [1.807, 2.05) is 11.1 Å². The molecule has 3 atom stereocenters. The van der Waals surface area contributed by atoms with E-state index in [0.29, 0.717) is 12.0 Å². The Labute approximate surface area is 137 Å². The highest BCUT2D eigenvalue weighted by atomic mass is 16.1. The molecule has 1 amide bonds. The first-order chi connectivity index (χ1) is 11.3. The Morgan fingerprint density at radius 2 is 2.30 bits per heavy atom. The Morgan fingerprint density at radius 1 is 1.43 bits per heavy atom. The van der Waals surface area contributed by atoms with Crippen molar-refractivity contribution in [1.29, 1.82) is 0 Å². The van der Waals surface area contributed by atoms with Crippen molar-refractivity contribution >= 4 is 17.7 Å². The molecule has 1 aromatic rings. The second-order valence-electron chi connectivity index (χ2n) is 6.69. The monoisotopic (exact) mass is 309 g/mol. The summed E-state index contributed by atoms with van der Waals surface area (Å²) in [5.41, 5.74) is 8.30. The fourth-order valence-electron chi connectivity index (χ4n) is 4.67. The first-order valence-electron chi connectivity index (χ1n) is 8.43. The lowest BCUT2D eigenvalue weighted by atomic mass is 9.74. The van der Waals surface area contributed by atoms with Crippen LogP contribution >= 0.6 is 0 Å². The van der Waals surface area contributed by atoms with Gasteiger partial charge in [-0.15, -0.1) is 6.58 Å². The molecule has 0 radical (unpaired) electrons. The van der Waals surface area contributed by atoms with Crippen LogP contribution in [0.1, 0.15) is 36.8 Å². The molecule has 2 heterocycles. The third-order valence-electron chi connectivity index (χ3n) is 5.63. The van der Waals surface area contributed by atoms with Crippen LogP contribution in [0.2, 0.25) is 0 Å². The second kappa shape index (κ2) is 5.53. The quantitative estimate of drug-likeness (QED) is 0.686. The number of hydrogen-bond donors (Lipinski definition) is 1. The van der Waals surface area contributed by atoms with E-state index in [0.717, 1.165) is 38.0 Å². The van der Waals surface area contributed by atoms with Crippen molar-refractivity contribution in [1.82, 2.24) is 10.3 Å². The minimum Gasteiger partial charge on any atom is -0.292 e. The molecule has 1 N–H and O–H groups in total. The van der Waals surface area contributed by atoms with Gasteiger partial charge < -0.3 is 0 Å². The zero-order valence-electron chi connectivity index (χ0n) is 13.5. The number of carbonyl (C=O) groups excluding carboxylic acids is 1. The van der Waals surface area contributed by atoms with Crippen molar-refractivity contribution < 1.29 is 4.79 Å². The molecule has 0 saturated heterocycles. The molecule has 1 aromatic carbocycles. The van der Waals surface area contributed by atoms with Crippen LogP contribution in [0.5, 0.6) is 0 Å². The van der Waals surface area contributed by atoms with Crippen molar-refractivity contribution in [2.24, 2.45) is 0 Å². The van der Waals surface area contributed by atoms with Crippen LogP contribution in [-0.4, -0.2) is 36.5 Å². The average molecular weight is 309 g/mol. The Balaban J connectivity index is 1.82. The largest absolute Gasteiger partial charge is 0.292 e. The SMILES string of the molecule is C=CCN1CCC=C2c3cccc4c3C(C[C@H]21)C(C)N4NC=O. The molecular formula is C19H23N3O. The number of benzene rings is 1. The molecule has 0 spiro atoms. The fraction of sp³-hybridized carbons (Fsp3) is 0.421. The Morgan fingerprint density at radius 3 is 3.09 bits per heavy atom. The number of anilines is 1. The van der Waals surface area contributed by atoms with Gasteiger partial charge >= 0.3 is 0 Å². The molecule has 0 aromatic heterocycles. The minimum absolute atomic E-state index is 0.283. The van der Waals surface area contributed by atoms with Crippen molar-refractivity contribution in [3.63, 3.8) is 0 Å². The number of nitrogens with zero attached hydrogens (tertiary/aromatic N) is 2. The highest BCUT2D eigenvalue weighted by Crippen LogP contribution is 2.52. The average Bonchev–Trinajstić information content (AvgIpc) is 2.84. The summed E-state index contributed by atoms with van der Waals surface area (Å²) >= 11 is 0. The molecule has 4 nitrogen and oxygen atoms in total. The van der Waals surface area contributed by atoms with E-state index in [1.165, 1.54) is 16.7 Å². The maximum absolute atomic E-state index is 11.0. The van der Waals surface area contributed by atoms with E-state index >= 15 is 0 Å². The summed E-state index contributed by atoms with van der Waals surface area (Å²) in [6.45, 7) is 8.17. The summed E-state index contributed by atoms with van der Waals surface area (Å²) in [5.74, 6) is 0.459. The van der Waals surface area contributed by atoms with Gasteiger partial charge in [0, 0.05) is 25.0 Å². The normalized spacial score (nSPS) is 28.7. The van der Waals surface area contributed by atoms with Crippen LogP contribution in [0.25, 0.3) is 5.57 Å². The molecule has 0 saturated carbocycles. The number of hydrazine groups is 1. The van der Waals surface area contributed by atoms with Crippen LogP contribution in [0, 0.1) is 0 Å². The molecule has 4 heteroatoms. The van der Waals surface area contributed by atoms with E-state index in [9.17, 15) is 4.79 Å². The van der Waals surface area contributed by atoms with Gasteiger partial charge in [0.1, 0.15) is 0 Å². The number of carbonyl (C=O) groups is 1. The predicted molar refractivity (Wildman–Crippen MR) is 93.1 cm³/mol. The van der Waals surface area contributed by atoms with E-state index in [2.05, 4.69) is 48.1 Å². The van der Waals surface area contributed by atoms with Crippen molar-refractivity contribution in [3.05, 3.63) is 48.1 Å². The maximum Gasteiger partial charge on any atom is 0.225 e. The first-order valence-corrected chi connectivity index (χ1v) is 8.43. The van der Waals surface area contributed by atoms with Gasteiger partial charge in [-0.3, -0.25) is 20.1 Å². The Hall–Kier alpha value is -2.07. The molecule has 120 valence electrons. The summed E-state index contributed by atoms with van der Waals surface area (Å²) in [5, 5.41) is 2.03. The number of hydrogen-bond acceptors (Lipinski definition) is 3. The summed E-state index contributed by atoms with van der Waals surface area (Å²) in [6, 6.07) is 7.23. The van der Waals surface area contributed by atoms with Gasteiger partial charge in [-0.2, -0.15) is 0 Å². The van der Waals surface area contributed by atoms with Crippen LogP contribution in [-0.2, 0) is 4.79 Å². The lowest BCUT2D eigenvalue weighted by molar-refractivity contribution is -0.109. The molecular weight excluding hydrogens is 286 g/mol. The minimum atomic E-state index is 0.283. The highest BCUT2D eigenvalue weighted by molar-refractivity contribution is 5.82. The molecule has 1 aliphatic carbocycles. The fourth-order valence-corrected chi connectivity index (χ4v) is 4.67. The zero-order chi connectivity index (χ0) is 16.0. The number of fused-ring (bicyclic) bond motifs is 2. The topological polar surface area (TPSA) is 35.6 Å². The Bertz CT molecular complexity index is 681. The second-order valence-corrected chi connectivity index (χ2v) is 6.69. The standard InChI is InChI=1S/C19H23N3O/c1-3-9-21-10-5-7-14-15-6-4-8-17-19(15)16(11-18(14)21)13(2)22(17)20-12-23/h3-4,6-8,12-13,16,18H,1,5,9-11H2,2H3,(H,20,23)/t13?,16?,18-/m1/s1. The van der Waals surface area contributed by atoms with Crippen LogP contribution < -0.4 is 10.4 Å². The molecule has 3 aliphatic rings. The number of nitrogens with one attached hydrogen (secondary N) is 1. The molecule has 2 aliphatic heterocycles. The van der Waals surface area contributed by atoms with Crippen LogP contribution in [0.15, 0.2) is 36.9 Å². The number of amides is 1.